The average molecular weight is 303 g/mol. The van der Waals surface area contributed by atoms with Gasteiger partial charge >= 0.3 is 0 Å². The maximum absolute atomic E-state index is 13.3. The van der Waals surface area contributed by atoms with Gasteiger partial charge in [-0.15, -0.1) is 0 Å². The van der Waals surface area contributed by atoms with Gasteiger partial charge in [0.25, 0.3) is 0 Å². The van der Waals surface area contributed by atoms with Gasteiger partial charge < -0.3 is 29.4 Å². The highest BCUT2D eigenvalue weighted by atomic mass is 19.1. The maximum atomic E-state index is 13.3. The summed E-state index contributed by atoms with van der Waals surface area (Å²) in [4.78, 5) is 0. The smallest absolute Gasteiger partial charge is 0.167 e. The van der Waals surface area contributed by atoms with Crippen molar-refractivity contribution in [3.63, 3.8) is 0 Å². The van der Waals surface area contributed by atoms with Crippen molar-refractivity contribution >= 4 is 5.69 Å². The Bertz CT molecular complexity index is 417. The minimum atomic E-state index is -0.521. The Morgan fingerprint density at radius 3 is 2.14 bits per heavy atom. The van der Waals surface area contributed by atoms with Crippen LogP contribution < -0.4 is 15.2 Å². The second-order valence-corrected chi connectivity index (χ2v) is 4.09. The molecule has 6 nitrogen and oxygen atoms in total. The summed E-state index contributed by atoms with van der Waals surface area (Å²) in [6, 6.07) is 2.58. The lowest BCUT2D eigenvalue weighted by atomic mass is 10.2. The van der Waals surface area contributed by atoms with Crippen LogP contribution in [0.5, 0.6) is 11.5 Å². The summed E-state index contributed by atoms with van der Waals surface area (Å²) in [5.41, 5.74) is 5.88. The van der Waals surface area contributed by atoms with E-state index < -0.39 is 5.82 Å². The van der Waals surface area contributed by atoms with Crippen molar-refractivity contribution in [2.24, 2.45) is 0 Å². The van der Waals surface area contributed by atoms with Gasteiger partial charge in [-0.05, 0) is 0 Å². The molecule has 1 aromatic carbocycles. The number of hydrogen-bond acceptors (Lipinski definition) is 6. The van der Waals surface area contributed by atoms with Crippen LogP contribution in [0.25, 0.3) is 0 Å². The predicted octanol–water partition coefficient (Wildman–Crippen LogP) is 1.47. The van der Waals surface area contributed by atoms with Gasteiger partial charge in [0.15, 0.2) is 11.6 Å². The van der Waals surface area contributed by atoms with Gasteiger partial charge in [-0.1, -0.05) is 0 Å². The molecule has 1 aromatic rings. The molecule has 0 aromatic heterocycles. The van der Waals surface area contributed by atoms with E-state index in [0.29, 0.717) is 45.4 Å². The van der Waals surface area contributed by atoms with Crippen LogP contribution >= 0.6 is 0 Å². The number of ether oxygens (including phenoxy) is 5. The molecule has 0 aliphatic carbocycles. The first kappa shape index (κ1) is 17.5. The highest BCUT2D eigenvalue weighted by molar-refractivity contribution is 5.56. The van der Waals surface area contributed by atoms with E-state index in [0.717, 1.165) is 0 Å². The Morgan fingerprint density at radius 2 is 1.52 bits per heavy atom. The van der Waals surface area contributed by atoms with Crippen LogP contribution in [0.1, 0.15) is 0 Å². The van der Waals surface area contributed by atoms with Crippen LogP contribution in [0.4, 0.5) is 10.1 Å². The van der Waals surface area contributed by atoms with Crippen molar-refractivity contribution in [2.45, 2.75) is 0 Å². The third-order valence-electron chi connectivity index (χ3n) is 2.57. The maximum Gasteiger partial charge on any atom is 0.167 e. The lowest BCUT2D eigenvalue weighted by Gasteiger charge is -2.11. The number of nitrogens with two attached hydrogens (primary N) is 1. The van der Waals surface area contributed by atoms with E-state index in [-0.39, 0.29) is 11.4 Å². The van der Waals surface area contributed by atoms with Crippen molar-refractivity contribution in [1.29, 1.82) is 0 Å². The first-order chi connectivity index (χ1) is 10.2. The minimum absolute atomic E-state index is 0.0895. The van der Waals surface area contributed by atoms with Crippen LogP contribution in [-0.4, -0.2) is 53.9 Å². The van der Waals surface area contributed by atoms with Gasteiger partial charge in [0.1, 0.15) is 12.4 Å². The van der Waals surface area contributed by atoms with E-state index in [9.17, 15) is 4.39 Å². The highest BCUT2D eigenvalue weighted by Gasteiger charge is 2.09. The Morgan fingerprint density at radius 1 is 0.905 bits per heavy atom. The number of methoxy groups -OCH3 is 2. The highest BCUT2D eigenvalue weighted by Crippen LogP contribution is 2.29. The molecule has 0 spiro atoms. The van der Waals surface area contributed by atoms with Gasteiger partial charge in [-0.25, -0.2) is 4.39 Å². The van der Waals surface area contributed by atoms with Crippen molar-refractivity contribution < 1.29 is 28.1 Å². The second kappa shape index (κ2) is 10.2. The molecule has 0 aliphatic heterocycles. The number of nitrogen functional groups attached to an aromatic ring is 1. The number of anilines is 1. The summed E-state index contributed by atoms with van der Waals surface area (Å²) >= 11 is 0. The van der Waals surface area contributed by atoms with Gasteiger partial charge in [0.05, 0.1) is 45.8 Å². The zero-order valence-corrected chi connectivity index (χ0v) is 12.4. The Kier molecular flexibility index (Phi) is 8.49. The molecule has 0 aliphatic rings. The van der Waals surface area contributed by atoms with Crippen molar-refractivity contribution in [3.05, 3.63) is 17.9 Å². The van der Waals surface area contributed by atoms with Gasteiger partial charge in [-0.2, -0.15) is 0 Å². The number of rotatable bonds is 11. The van der Waals surface area contributed by atoms with Crippen LogP contribution in [-0.2, 0) is 14.2 Å². The van der Waals surface area contributed by atoms with Crippen molar-refractivity contribution in [2.75, 3.05) is 59.6 Å². The molecule has 7 heteroatoms. The molecule has 120 valence electrons. The largest absolute Gasteiger partial charge is 0.494 e. The topological polar surface area (TPSA) is 72.2 Å². The first-order valence-corrected chi connectivity index (χ1v) is 6.59. The lowest BCUT2D eigenvalue weighted by Crippen LogP contribution is -2.12. The van der Waals surface area contributed by atoms with Crippen molar-refractivity contribution in [1.82, 2.24) is 0 Å². The normalized spacial score (nSPS) is 10.6. The van der Waals surface area contributed by atoms with Gasteiger partial charge in [0, 0.05) is 19.2 Å². The lowest BCUT2D eigenvalue weighted by molar-refractivity contribution is 0.0180. The zero-order valence-electron chi connectivity index (χ0n) is 12.4. The summed E-state index contributed by atoms with van der Waals surface area (Å²) in [6.45, 7) is 2.76. The number of halogens is 1. The fraction of sp³-hybridized carbons (Fsp3) is 0.571. The molecule has 0 bridgehead atoms. The first-order valence-electron chi connectivity index (χ1n) is 6.59. The molecule has 0 amide bonds. The summed E-state index contributed by atoms with van der Waals surface area (Å²) < 4.78 is 39.0. The SMILES string of the molecule is COCCOCCOCCOc1cc(OC)c(F)cc1N. The standard InChI is InChI=1S/C14H22FNO5/c1-17-3-4-19-5-6-20-7-8-21-14-10-13(18-2)11(15)9-12(14)16/h9-10H,3-8,16H2,1-2H3. The fourth-order valence-corrected chi connectivity index (χ4v) is 1.51. The Hall–Kier alpha value is -1.57. The summed E-state index contributed by atoms with van der Waals surface area (Å²) in [7, 11) is 3.00. The Labute approximate surface area is 123 Å². The van der Waals surface area contributed by atoms with Gasteiger partial charge in [0.2, 0.25) is 0 Å². The Balaban J connectivity index is 2.18. The average Bonchev–Trinajstić information content (AvgIpc) is 2.47. The van der Waals surface area contributed by atoms with E-state index in [1.807, 2.05) is 0 Å². The molecule has 2 N–H and O–H groups in total. The molecule has 0 saturated heterocycles. The summed E-state index contributed by atoms with van der Waals surface area (Å²) in [6.07, 6.45) is 0. The molecular formula is C14H22FNO5. The molecule has 0 unspecified atom stereocenters. The minimum Gasteiger partial charge on any atom is -0.494 e. The molecule has 1 rings (SSSR count). The van der Waals surface area contributed by atoms with Crippen LogP contribution in [0.15, 0.2) is 12.1 Å². The molecule has 0 radical (unpaired) electrons. The predicted molar refractivity (Wildman–Crippen MR) is 76.4 cm³/mol. The summed E-state index contributed by atoms with van der Waals surface area (Å²) in [5, 5.41) is 0. The van der Waals surface area contributed by atoms with E-state index in [1.165, 1.54) is 19.2 Å². The fourth-order valence-electron chi connectivity index (χ4n) is 1.51. The molecule has 0 heterocycles. The van der Waals surface area contributed by atoms with Crippen LogP contribution in [0, 0.1) is 5.82 Å². The van der Waals surface area contributed by atoms with Gasteiger partial charge in [-0.3, -0.25) is 0 Å². The number of benzene rings is 1. The van der Waals surface area contributed by atoms with E-state index >= 15 is 0 Å². The van der Waals surface area contributed by atoms with Crippen LogP contribution in [0.2, 0.25) is 0 Å². The third kappa shape index (κ3) is 6.61. The second-order valence-electron chi connectivity index (χ2n) is 4.09. The zero-order chi connectivity index (χ0) is 15.5. The van der Waals surface area contributed by atoms with E-state index in [2.05, 4.69) is 0 Å². The third-order valence-corrected chi connectivity index (χ3v) is 2.57. The molecular weight excluding hydrogens is 281 g/mol. The quantitative estimate of drug-likeness (QED) is 0.493. The van der Waals surface area contributed by atoms with E-state index in [1.54, 1.807) is 7.11 Å². The summed E-state index contributed by atoms with van der Waals surface area (Å²) in [5.74, 6) is -0.0633. The molecule has 0 saturated carbocycles. The molecule has 0 atom stereocenters. The number of hydrogen-bond donors (Lipinski definition) is 1. The van der Waals surface area contributed by atoms with Crippen LogP contribution in [0.3, 0.4) is 0 Å². The monoisotopic (exact) mass is 303 g/mol. The van der Waals surface area contributed by atoms with Crippen molar-refractivity contribution in [3.8, 4) is 11.5 Å². The molecule has 0 fully saturated rings. The molecule has 21 heavy (non-hydrogen) atoms. The van der Waals surface area contributed by atoms with E-state index in [4.69, 9.17) is 29.4 Å².